The Labute approximate surface area is 132 Å². The normalized spacial score (nSPS) is 16.6. The number of hydrogen-bond acceptors (Lipinski definition) is 3. The Morgan fingerprint density at radius 3 is 2.55 bits per heavy atom. The van der Waals surface area contributed by atoms with Crippen molar-refractivity contribution < 1.29 is 0 Å². The van der Waals surface area contributed by atoms with Crippen molar-refractivity contribution in [3.63, 3.8) is 0 Å². The Hall–Kier alpha value is -0.840. The van der Waals surface area contributed by atoms with Crippen LogP contribution in [-0.4, -0.2) is 19.1 Å². The summed E-state index contributed by atoms with van der Waals surface area (Å²) in [6, 6.07) is 13.5. The molecule has 0 saturated carbocycles. The van der Waals surface area contributed by atoms with Crippen LogP contribution in [0, 0.1) is 0 Å². The fourth-order valence-corrected chi connectivity index (χ4v) is 4.11. The fraction of sp³-hybridized carbons (Fsp3) is 0.375. The number of hydrogen-bond donors (Lipinski definition) is 1. The molecule has 4 heteroatoms. The van der Waals surface area contributed by atoms with Gasteiger partial charge in [0.1, 0.15) is 0 Å². The smallest absolute Gasteiger partial charge is 0.0366 e. The zero-order valence-corrected chi connectivity index (χ0v) is 13.8. The number of piperidine rings is 1. The predicted octanol–water partition coefficient (Wildman–Crippen LogP) is 4.27. The Bertz CT molecular complexity index is 532. The van der Waals surface area contributed by atoms with Crippen molar-refractivity contribution in [2.75, 3.05) is 18.0 Å². The molecule has 2 heterocycles. The van der Waals surface area contributed by atoms with Crippen LogP contribution in [-0.2, 0) is 6.54 Å². The van der Waals surface area contributed by atoms with Gasteiger partial charge < -0.3 is 10.2 Å². The van der Waals surface area contributed by atoms with Gasteiger partial charge in [-0.25, -0.2) is 0 Å². The van der Waals surface area contributed by atoms with E-state index in [1.165, 1.54) is 27.9 Å². The quantitative estimate of drug-likeness (QED) is 0.885. The molecule has 0 atom stereocenters. The summed E-state index contributed by atoms with van der Waals surface area (Å²) >= 11 is 5.41. The van der Waals surface area contributed by atoms with Crippen molar-refractivity contribution in [2.45, 2.75) is 25.4 Å². The van der Waals surface area contributed by atoms with Crippen LogP contribution in [0.3, 0.4) is 0 Å². The number of thiophene rings is 1. The van der Waals surface area contributed by atoms with Gasteiger partial charge in [0.05, 0.1) is 0 Å². The number of halogens is 1. The van der Waals surface area contributed by atoms with Gasteiger partial charge >= 0.3 is 0 Å². The third-order valence-electron chi connectivity index (χ3n) is 3.86. The highest BCUT2D eigenvalue weighted by molar-refractivity contribution is 9.10. The summed E-state index contributed by atoms with van der Waals surface area (Å²) < 4.78 is 1.23. The van der Waals surface area contributed by atoms with E-state index in [0.717, 1.165) is 19.6 Å². The standard InChI is InChI=1S/C16H19BrN2S/c17-15-8-11-20-16(15)12-18-13-6-9-19(10-7-13)14-4-2-1-3-5-14/h1-5,8,11,13,18H,6-7,9-10,12H2. The minimum absolute atomic E-state index is 0.643. The summed E-state index contributed by atoms with van der Waals surface area (Å²) in [5.74, 6) is 0. The van der Waals surface area contributed by atoms with Gasteiger partial charge in [-0.1, -0.05) is 18.2 Å². The molecular formula is C16H19BrN2S. The summed E-state index contributed by atoms with van der Waals surface area (Å²) in [6.07, 6.45) is 2.44. The Morgan fingerprint density at radius 2 is 1.90 bits per heavy atom. The molecule has 2 nitrogen and oxygen atoms in total. The number of nitrogens with zero attached hydrogens (tertiary/aromatic N) is 1. The first kappa shape index (κ1) is 14.1. The van der Waals surface area contributed by atoms with Crippen molar-refractivity contribution in [2.24, 2.45) is 0 Å². The molecule has 1 saturated heterocycles. The zero-order chi connectivity index (χ0) is 13.8. The third kappa shape index (κ3) is 3.43. The first-order valence-electron chi connectivity index (χ1n) is 7.08. The van der Waals surface area contributed by atoms with E-state index >= 15 is 0 Å². The van der Waals surface area contributed by atoms with E-state index in [1.807, 2.05) is 11.3 Å². The van der Waals surface area contributed by atoms with Crippen molar-refractivity contribution in [3.8, 4) is 0 Å². The first-order valence-corrected chi connectivity index (χ1v) is 8.75. The molecule has 20 heavy (non-hydrogen) atoms. The second-order valence-corrected chi connectivity index (χ2v) is 7.02. The molecule has 1 N–H and O–H groups in total. The summed E-state index contributed by atoms with van der Waals surface area (Å²) in [5, 5.41) is 5.83. The maximum absolute atomic E-state index is 3.69. The van der Waals surface area contributed by atoms with Crippen LogP contribution in [0.25, 0.3) is 0 Å². The van der Waals surface area contributed by atoms with E-state index in [1.54, 1.807) is 0 Å². The molecule has 0 aliphatic carbocycles. The molecule has 106 valence electrons. The van der Waals surface area contributed by atoms with Crippen LogP contribution in [0.4, 0.5) is 5.69 Å². The second kappa shape index (κ2) is 6.74. The van der Waals surface area contributed by atoms with Gasteiger partial charge in [0.2, 0.25) is 0 Å². The van der Waals surface area contributed by atoms with Gasteiger partial charge in [0.15, 0.2) is 0 Å². The number of para-hydroxylation sites is 1. The van der Waals surface area contributed by atoms with E-state index < -0.39 is 0 Å². The van der Waals surface area contributed by atoms with E-state index in [-0.39, 0.29) is 0 Å². The van der Waals surface area contributed by atoms with Gasteiger partial charge in [-0.05, 0) is 52.4 Å². The molecule has 0 amide bonds. The number of rotatable bonds is 4. The molecule has 0 radical (unpaired) electrons. The lowest BCUT2D eigenvalue weighted by molar-refractivity contribution is 0.415. The summed E-state index contributed by atoms with van der Waals surface area (Å²) in [6.45, 7) is 3.27. The Morgan fingerprint density at radius 1 is 1.15 bits per heavy atom. The van der Waals surface area contributed by atoms with Crippen LogP contribution < -0.4 is 10.2 Å². The number of anilines is 1. The van der Waals surface area contributed by atoms with Crippen LogP contribution in [0.15, 0.2) is 46.3 Å². The van der Waals surface area contributed by atoms with Crippen molar-refractivity contribution in [1.82, 2.24) is 5.32 Å². The maximum Gasteiger partial charge on any atom is 0.0366 e. The minimum Gasteiger partial charge on any atom is -0.371 e. The third-order valence-corrected chi connectivity index (χ3v) is 5.78. The van der Waals surface area contributed by atoms with Crippen molar-refractivity contribution in [3.05, 3.63) is 51.1 Å². The molecule has 1 aromatic carbocycles. The molecule has 3 rings (SSSR count). The van der Waals surface area contributed by atoms with E-state index in [4.69, 9.17) is 0 Å². The summed E-state index contributed by atoms with van der Waals surface area (Å²) in [5.41, 5.74) is 1.35. The Balaban J connectivity index is 1.48. The van der Waals surface area contributed by atoms with Gasteiger partial charge in [0, 0.05) is 40.7 Å². The highest BCUT2D eigenvalue weighted by atomic mass is 79.9. The van der Waals surface area contributed by atoms with Crippen LogP contribution in [0.5, 0.6) is 0 Å². The second-order valence-electron chi connectivity index (χ2n) is 5.17. The van der Waals surface area contributed by atoms with Gasteiger partial charge in [0.25, 0.3) is 0 Å². The number of nitrogens with one attached hydrogen (secondary N) is 1. The molecule has 1 fully saturated rings. The van der Waals surface area contributed by atoms with Crippen molar-refractivity contribution in [1.29, 1.82) is 0 Å². The zero-order valence-electron chi connectivity index (χ0n) is 11.4. The molecule has 1 aromatic heterocycles. The first-order chi connectivity index (χ1) is 9.83. The average Bonchev–Trinajstić information content (AvgIpc) is 2.92. The minimum atomic E-state index is 0.643. The average molecular weight is 351 g/mol. The highest BCUT2D eigenvalue weighted by Crippen LogP contribution is 2.23. The van der Waals surface area contributed by atoms with Gasteiger partial charge in [-0.2, -0.15) is 0 Å². The fourth-order valence-electron chi connectivity index (χ4n) is 2.67. The van der Waals surface area contributed by atoms with Crippen LogP contribution in [0.2, 0.25) is 0 Å². The van der Waals surface area contributed by atoms with Gasteiger partial charge in [-0.15, -0.1) is 11.3 Å². The predicted molar refractivity (Wildman–Crippen MR) is 90.5 cm³/mol. The van der Waals surface area contributed by atoms with Gasteiger partial charge in [-0.3, -0.25) is 0 Å². The molecular weight excluding hydrogens is 332 g/mol. The largest absolute Gasteiger partial charge is 0.371 e. The highest BCUT2D eigenvalue weighted by Gasteiger charge is 2.19. The molecule has 1 aliphatic rings. The Kier molecular flexibility index (Phi) is 4.76. The topological polar surface area (TPSA) is 15.3 Å². The van der Waals surface area contributed by atoms with Crippen molar-refractivity contribution >= 4 is 33.0 Å². The molecule has 1 aliphatic heterocycles. The summed E-state index contributed by atoms with van der Waals surface area (Å²) in [7, 11) is 0. The molecule has 0 bridgehead atoms. The monoisotopic (exact) mass is 350 g/mol. The maximum atomic E-state index is 3.69. The van der Waals surface area contributed by atoms with Crippen LogP contribution in [0.1, 0.15) is 17.7 Å². The lowest BCUT2D eigenvalue weighted by Crippen LogP contribution is -2.42. The van der Waals surface area contributed by atoms with E-state index in [9.17, 15) is 0 Å². The molecule has 0 unspecified atom stereocenters. The summed E-state index contributed by atoms with van der Waals surface area (Å²) in [4.78, 5) is 3.88. The SMILES string of the molecule is Brc1ccsc1CNC1CCN(c2ccccc2)CC1. The van der Waals surface area contributed by atoms with Crippen LogP contribution >= 0.6 is 27.3 Å². The lowest BCUT2D eigenvalue weighted by atomic mass is 10.0. The number of benzene rings is 1. The van der Waals surface area contributed by atoms with E-state index in [2.05, 4.69) is 67.9 Å². The molecule has 0 spiro atoms. The van der Waals surface area contributed by atoms with E-state index in [0.29, 0.717) is 6.04 Å². The molecule has 2 aromatic rings. The lowest BCUT2D eigenvalue weighted by Gasteiger charge is -2.34.